The number of nitrogens with zero attached hydrogens (tertiary/aromatic N) is 3. The molecule has 3 aromatic rings. The Morgan fingerprint density at radius 1 is 1.13 bits per heavy atom. The van der Waals surface area contributed by atoms with Crippen LogP contribution in [0, 0.1) is 6.92 Å². The minimum Gasteiger partial charge on any atom is -0.493 e. The third-order valence-corrected chi connectivity index (χ3v) is 5.45. The average molecular weight is 424 g/mol. The normalized spacial score (nSPS) is 10.8. The number of carbonyl (C=O) groups excluding carboxylic acids is 1. The van der Waals surface area contributed by atoms with Crippen molar-refractivity contribution in [1.29, 1.82) is 0 Å². The van der Waals surface area contributed by atoms with Crippen LogP contribution in [0.2, 0.25) is 0 Å². The molecule has 7 heteroatoms. The number of carbonyl (C=O) groups is 1. The summed E-state index contributed by atoms with van der Waals surface area (Å²) in [4.78, 5) is 31.3. The van der Waals surface area contributed by atoms with E-state index in [1.807, 2.05) is 37.3 Å². The SMILES string of the molecule is COc1ccc(CCN(C)C(=O)CCCn2cnc3c(C)cccc3c2=O)cc1OC. The predicted molar refractivity (Wildman–Crippen MR) is 121 cm³/mol. The van der Waals surface area contributed by atoms with Crippen LogP contribution in [0.3, 0.4) is 0 Å². The van der Waals surface area contributed by atoms with E-state index in [1.54, 1.807) is 43.1 Å². The minimum absolute atomic E-state index is 0.0538. The van der Waals surface area contributed by atoms with Crippen LogP contribution in [0.25, 0.3) is 10.9 Å². The highest BCUT2D eigenvalue weighted by Gasteiger charge is 2.11. The molecule has 1 aromatic heterocycles. The molecule has 0 fully saturated rings. The molecule has 0 N–H and O–H groups in total. The largest absolute Gasteiger partial charge is 0.493 e. The van der Waals surface area contributed by atoms with E-state index < -0.39 is 0 Å². The Balaban J connectivity index is 1.52. The quantitative estimate of drug-likeness (QED) is 0.528. The first-order valence-corrected chi connectivity index (χ1v) is 10.3. The van der Waals surface area contributed by atoms with E-state index in [9.17, 15) is 9.59 Å². The van der Waals surface area contributed by atoms with E-state index in [2.05, 4.69) is 4.98 Å². The fraction of sp³-hybridized carbons (Fsp3) is 0.375. The van der Waals surface area contributed by atoms with Crippen molar-refractivity contribution in [3.05, 3.63) is 64.2 Å². The summed E-state index contributed by atoms with van der Waals surface area (Å²) in [5, 5.41) is 0.612. The Morgan fingerprint density at radius 3 is 2.65 bits per heavy atom. The lowest BCUT2D eigenvalue weighted by Gasteiger charge is -2.18. The molecule has 0 radical (unpaired) electrons. The van der Waals surface area contributed by atoms with Crippen LogP contribution in [0.15, 0.2) is 47.5 Å². The van der Waals surface area contributed by atoms with Crippen LogP contribution in [0.4, 0.5) is 0 Å². The van der Waals surface area contributed by atoms with Crippen LogP contribution < -0.4 is 15.0 Å². The topological polar surface area (TPSA) is 73.7 Å². The molecule has 164 valence electrons. The molecule has 0 bridgehead atoms. The van der Waals surface area contributed by atoms with Gasteiger partial charge in [0.05, 0.1) is 31.4 Å². The first kappa shape index (κ1) is 22.3. The highest BCUT2D eigenvalue weighted by Crippen LogP contribution is 2.27. The molecule has 0 aliphatic heterocycles. The number of benzene rings is 2. The molecule has 2 aromatic carbocycles. The number of hydrogen-bond donors (Lipinski definition) is 0. The third-order valence-electron chi connectivity index (χ3n) is 5.45. The van der Waals surface area contributed by atoms with Gasteiger partial charge < -0.3 is 14.4 Å². The maximum atomic E-state index is 12.7. The van der Waals surface area contributed by atoms with Gasteiger partial charge in [-0.25, -0.2) is 4.98 Å². The average Bonchev–Trinajstić information content (AvgIpc) is 2.79. The minimum atomic E-state index is -0.0667. The van der Waals surface area contributed by atoms with Crippen LogP contribution in [-0.4, -0.2) is 48.2 Å². The smallest absolute Gasteiger partial charge is 0.261 e. The van der Waals surface area contributed by atoms with Crippen molar-refractivity contribution in [1.82, 2.24) is 14.5 Å². The molecule has 7 nitrogen and oxygen atoms in total. The van der Waals surface area contributed by atoms with Gasteiger partial charge >= 0.3 is 0 Å². The molecule has 1 amide bonds. The van der Waals surface area contributed by atoms with Gasteiger partial charge in [-0.3, -0.25) is 14.2 Å². The molecule has 0 aliphatic rings. The summed E-state index contributed by atoms with van der Waals surface area (Å²) in [5.41, 5.74) is 2.71. The van der Waals surface area contributed by atoms with Crippen LogP contribution in [-0.2, 0) is 17.8 Å². The number of likely N-dealkylation sites (N-methyl/N-ethyl adjacent to an activating group) is 1. The van der Waals surface area contributed by atoms with Gasteiger partial charge in [0.15, 0.2) is 11.5 Å². The monoisotopic (exact) mass is 423 g/mol. The van der Waals surface area contributed by atoms with Gasteiger partial charge in [0.1, 0.15) is 0 Å². The second-order valence-corrected chi connectivity index (χ2v) is 7.57. The molecule has 0 saturated heterocycles. The molecule has 0 spiro atoms. The summed E-state index contributed by atoms with van der Waals surface area (Å²) in [6.07, 6.45) is 3.25. The first-order chi connectivity index (χ1) is 14.9. The van der Waals surface area contributed by atoms with Crippen molar-refractivity contribution in [2.24, 2.45) is 0 Å². The van der Waals surface area contributed by atoms with Crippen LogP contribution in [0.1, 0.15) is 24.0 Å². The van der Waals surface area contributed by atoms with E-state index >= 15 is 0 Å². The zero-order valence-electron chi connectivity index (χ0n) is 18.6. The highest BCUT2D eigenvalue weighted by molar-refractivity contribution is 5.80. The molecule has 0 atom stereocenters. The summed E-state index contributed by atoms with van der Waals surface area (Å²) >= 11 is 0. The standard InChI is InChI=1S/C24H29N3O4/c1-17-7-5-8-19-23(17)25-16-27(24(19)29)13-6-9-22(28)26(2)14-12-18-10-11-20(30-3)21(15-18)31-4/h5,7-8,10-11,15-16H,6,9,12-14H2,1-4H3. The third kappa shape index (κ3) is 5.23. The lowest BCUT2D eigenvalue weighted by atomic mass is 10.1. The van der Waals surface area contributed by atoms with Gasteiger partial charge in [-0.2, -0.15) is 0 Å². The predicted octanol–water partition coefficient (Wildman–Crippen LogP) is 3.20. The highest BCUT2D eigenvalue weighted by atomic mass is 16.5. The fourth-order valence-corrected chi connectivity index (χ4v) is 3.55. The lowest BCUT2D eigenvalue weighted by Crippen LogP contribution is -2.29. The van der Waals surface area contributed by atoms with Gasteiger partial charge in [0.25, 0.3) is 5.56 Å². The number of ether oxygens (including phenoxy) is 2. The maximum absolute atomic E-state index is 12.7. The van der Waals surface area contributed by atoms with Crippen molar-refractivity contribution in [3.8, 4) is 11.5 Å². The number of fused-ring (bicyclic) bond motifs is 1. The Bertz CT molecular complexity index is 1120. The number of rotatable bonds is 9. The summed E-state index contributed by atoms with van der Waals surface area (Å²) < 4.78 is 12.2. The second kappa shape index (κ2) is 10.1. The van der Waals surface area contributed by atoms with Gasteiger partial charge in [-0.15, -0.1) is 0 Å². The summed E-state index contributed by atoms with van der Waals surface area (Å²) in [6.45, 7) is 3.01. The first-order valence-electron chi connectivity index (χ1n) is 10.3. The molecule has 3 rings (SSSR count). The van der Waals surface area contributed by atoms with Gasteiger partial charge in [-0.1, -0.05) is 18.2 Å². The van der Waals surface area contributed by atoms with Gasteiger partial charge in [0.2, 0.25) is 5.91 Å². The fourth-order valence-electron chi connectivity index (χ4n) is 3.55. The molecule has 0 unspecified atom stereocenters. The summed E-state index contributed by atoms with van der Waals surface area (Å²) in [5.74, 6) is 1.42. The van der Waals surface area contributed by atoms with Crippen LogP contribution >= 0.6 is 0 Å². The Morgan fingerprint density at radius 2 is 1.90 bits per heavy atom. The van der Waals surface area contributed by atoms with Crippen LogP contribution in [0.5, 0.6) is 11.5 Å². The van der Waals surface area contributed by atoms with E-state index in [0.717, 1.165) is 23.1 Å². The summed E-state index contributed by atoms with van der Waals surface area (Å²) in [6, 6.07) is 11.4. The molecule has 31 heavy (non-hydrogen) atoms. The van der Waals surface area contributed by atoms with Crippen molar-refractivity contribution >= 4 is 16.8 Å². The number of methoxy groups -OCH3 is 2. The zero-order valence-corrected chi connectivity index (χ0v) is 18.6. The second-order valence-electron chi connectivity index (χ2n) is 7.57. The number of aromatic nitrogens is 2. The Hall–Kier alpha value is -3.35. The Kier molecular flexibility index (Phi) is 7.28. The Labute approximate surface area is 182 Å². The maximum Gasteiger partial charge on any atom is 0.261 e. The molecule has 0 saturated carbocycles. The molecule has 0 aliphatic carbocycles. The number of aryl methyl sites for hydroxylation is 2. The lowest BCUT2D eigenvalue weighted by molar-refractivity contribution is -0.130. The molecular weight excluding hydrogens is 394 g/mol. The van der Waals surface area contributed by atoms with Crippen molar-refractivity contribution in [2.75, 3.05) is 27.8 Å². The molecular formula is C24H29N3O4. The van der Waals surface area contributed by atoms with Crippen molar-refractivity contribution in [2.45, 2.75) is 32.7 Å². The molecule has 1 heterocycles. The van der Waals surface area contributed by atoms with Crippen molar-refractivity contribution in [3.63, 3.8) is 0 Å². The summed E-state index contributed by atoms with van der Waals surface area (Å²) in [7, 11) is 5.01. The van der Waals surface area contributed by atoms with E-state index in [0.29, 0.717) is 42.8 Å². The van der Waals surface area contributed by atoms with E-state index in [-0.39, 0.29) is 11.5 Å². The van der Waals surface area contributed by atoms with Gasteiger partial charge in [0, 0.05) is 26.6 Å². The van der Waals surface area contributed by atoms with Crippen molar-refractivity contribution < 1.29 is 14.3 Å². The van der Waals surface area contributed by atoms with E-state index in [4.69, 9.17) is 9.47 Å². The van der Waals surface area contributed by atoms with Gasteiger partial charge in [-0.05, 0) is 49.1 Å². The number of hydrogen-bond acceptors (Lipinski definition) is 5. The van der Waals surface area contributed by atoms with E-state index in [1.165, 1.54) is 0 Å². The number of amides is 1. The zero-order chi connectivity index (χ0) is 22.4. The number of para-hydroxylation sites is 1.